The molecular weight excluding hydrogens is 528 g/mol. The van der Waals surface area contributed by atoms with Crippen LogP contribution in [0.25, 0.3) is 0 Å². The Morgan fingerprint density at radius 2 is 1.56 bits per heavy atom. The second-order valence-corrected chi connectivity index (χ2v) is 10.3. The Balaban J connectivity index is 1.79. The summed E-state index contributed by atoms with van der Waals surface area (Å²) < 4.78 is 31.6. The van der Waals surface area contributed by atoms with E-state index in [-0.39, 0.29) is 33.3 Å². The van der Waals surface area contributed by atoms with Crippen LogP contribution in [-0.2, 0) is 19.6 Å². The lowest BCUT2D eigenvalue weighted by Crippen LogP contribution is -2.35. The predicted octanol–water partition coefficient (Wildman–Crippen LogP) is 3.58. The first-order chi connectivity index (χ1) is 18.4. The molecule has 0 radical (unpaired) electrons. The van der Waals surface area contributed by atoms with Crippen molar-refractivity contribution in [3.63, 3.8) is 0 Å². The van der Waals surface area contributed by atoms with E-state index in [9.17, 15) is 32.9 Å². The molecule has 1 atom stereocenters. The standard InChI is InChI=1S/C26H26N4O8S/c1-16(2)23(26(33)38-3)28-21-13-12-18(15-22(21)30(34)35)24(31)27-19-9-7-8-17(14-19)25(32)29-39(36,37)20-10-5-4-6-11-20/h4-16,23,28H,1-3H3,(H,27,31)(H,29,32). The van der Waals surface area contributed by atoms with Gasteiger partial charge in [0.2, 0.25) is 0 Å². The first-order valence-corrected chi connectivity index (χ1v) is 13.1. The minimum Gasteiger partial charge on any atom is -0.467 e. The van der Waals surface area contributed by atoms with Gasteiger partial charge in [0.1, 0.15) is 11.7 Å². The fourth-order valence-electron chi connectivity index (χ4n) is 3.52. The molecule has 2 amide bonds. The van der Waals surface area contributed by atoms with Gasteiger partial charge in [0.15, 0.2) is 0 Å². The molecule has 0 aliphatic carbocycles. The summed E-state index contributed by atoms with van der Waals surface area (Å²) in [5, 5.41) is 17.0. The quantitative estimate of drug-likeness (QED) is 0.192. The van der Waals surface area contributed by atoms with Crippen LogP contribution in [0.1, 0.15) is 34.6 Å². The third kappa shape index (κ3) is 7.17. The number of nitro groups is 1. The molecule has 39 heavy (non-hydrogen) atoms. The van der Waals surface area contributed by atoms with Crippen molar-refractivity contribution in [3.05, 3.63) is 94.0 Å². The topological polar surface area (TPSA) is 174 Å². The second kappa shape index (κ2) is 12.2. The molecule has 0 fully saturated rings. The molecule has 12 nitrogen and oxygen atoms in total. The van der Waals surface area contributed by atoms with Crippen molar-refractivity contribution in [2.75, 3.05) is 17.7 Å². The van der Waals surface area contributed by atoms with Gasteiger partial charge < -0.3 is 15.4 Å². The Labute approximate surface area is 224 Å². The predicted molar refractivity (Wildman–Crippen MR) is 143 cm³/mol. The van der Waals surface area contributed by atoms with E-state index in [4.69, 9.17) is 4.74 Å². The number of rotatable bonds is 10. The van der Waals surface area contributed by atoms with Crippen LogP contribution in [0.2, 0.25) is 0 Å². The molecule has 3 aromatic carbocycles. The molecule has 3 rings (SSSR count). The van der Waals surface area contributed by atoms with Gasteiger partial charge in [0.25, 0.3) is 27.5 Å². The van der Waals surface area contributed by atoms with Gasteiger partial charge in [0, 0.05) is 22.9 Å². The fraction of sp³-hybridized carbons (Fsp3) is 0.192. The lowest BCUT2D eigenvalue weighted by atomic mass is 10.0. The van der Waals surface area contributed by atoms with Crippen LogP contribution in [0.15, 0.2) is 77.7 Å². The molecule has 0 saturated carbocycles. The molecule has 0 heterocycles. The highest BCUT2D eigenvalue weighted by molar-refractivity contribution is 7.90. The summed E-state index contributed by atoms with van der Waals surface area (Å²) in [6, 6.07) is 15.7. The zero-order chi connectivity index (χ0) is 28.7. The van der Waals surface area contributed by atoms with Crippen LogP contribution in [0.5, 0.6) is 0 Å². The smallest absolute Gasteiger partial charge is 0.328 e. The molecule has 0 aliphatic rings. The molecule has 0 spiro atoms. The number of benzene rings is 3. The largest absolute Gasteiger partial charge is 0.467 e. The number of nitrogens with one attached hydrogen (secondary N) is 3. The maximum Gasteiger partial charge on any atom is 0.328 e. The average Bonchev–Trinajstić information content (AvgIpc) is 2.91. The van der Waals surface area contributed by atoms with Crippen LogP contribution >= 0.6 is 0 Å². The molecule has 13 heteroatoms. The maximum atomic E-state index is 12.9. The van der Waals surface area contributed by atoms with Crippen LogP contribution in [0, 0.1) is 16.0 Å². The lowest BCUT2D eigenvalue weighted by Gasteiger charge is -2.21. The molecule has 0 aliphatic heterocycles. The van der Waals surface area contributed by atoms with E-state index in [0.717, 1.165) is 6.07 Å². The van der Waals surface area contributed by atoms with Crippen molar-refractivity contribution in [2.24, 2.45) is 5.92 Å². The molecule has 204 valence electrons. The Kier molecular flexibility index (Phi) is 8.99. The fourth-order valence-corrected chi connectivity index (χ4v) is 4.51. The van der Waals surface area contributed by atoms with Gasteiger partial charge in [-0.05, 0) is 48.4 Å². The van der Waals surface area contributed by atoms with Gasteiger partial charge in [-0.1, -0.05) is 38.1 Å². The second-order valence-electron chi connectivity index (χ2n) is 8.66. The average molecular weight is 555 g/mol. The number of ether oxygens (including phenoxy) is 1. The van der Waals surface area contributed by atoms with Crippen molar-refractivity contribution in [2.45, 2.75) is 24.8 Å². The summed E-state index contributed by atoms with van der Waals surface area (Å²) in [6.07, 6.45) is 0. The first-order valence-electron chi connectivity index (χ1n) is 11.6. The highest BCUT2D eigenvalue weighted by Crippen LogP contribution is 2.28. The van der Waals surface area contributed by atoms with Gasteiger partial charge in [-0.3, -0.25) is 19.7 Å². The summed E-state index contributed by atoms with van der Waals surface area (Å²) in [6.45, 7) is 3.49. The molecule has 3 N–H and O–H groups in total. The number of carbonyl (C=O) groups is 3. The number of sulfonamides is 1. The normalized spacial score (nSPS) is 11.8. The number of anilines is 2. The van der Waals surface area contributed by atoms with Gasteiger partial charge in [-0.25, -0.2) is 17.9 Å². The molecule has 3 aromatic rings. The van der Waals surface area contributed by atoms with Crippen LogP contribution in [0.3, 0.4) is 0 Å². The minimum atomic E-state index is -4.11. The van der Waals surface area contributed by atoms with E-state index in [2.05, 4.69) is 10.6 Å². The Hall–Kier alpha value is -4.78. The minimum absolute atomic E-state index is 0.0268. The number of amides is 2. The summed E-state index contributed by atoms with van der Waals surface area (Å²) in [5.74, 6) is -2.47. The van der Waals surface area contributed by atoms with Gasteiger partial charge in [-0.15, -0.1) is 0 Å². The first kappa shape index (κ1) is 28.8. The maximum absolute atomic E-state index is 12.9. The van der Waals surface area contributed by atoms with Crippen molar-refractivity contribution >= 4 is 44.9 Å². The Morgan fingerprint density at radius 3 is 2.18 bits per heavy atom. The zero-order valence-corrected chi connectivity index (χ0v) is 22.0. The zero-order valence-electron chi connectivity index (χ0n) is 21.2. The van der Waals surface area contributed by atoms with Crippen molar-refractivity contribution < 1.29 is 32.5 Å². The summed E-state index contributed by atoms with van der Waals surface area (Å²) >= 11 is 0. The monoisotopic (exact) mass is 554 g/mol. The van der Waals surface area contributed by atoms with Crippen LogP contribution in [0.4, 0.5) is 17.1 Å². The summed E-state index contributed by atoms with van der Waals surface area (Å²) in [4.78, 5) is 48.4. The molecular formula is C26H26N4O8S. The number of nitro benzene ring substituents is 1. The highest BCUT2D eigenvalue weighted by atomic mass is 32.2. The van der Waals surface area contributed by atoms with Gasteiger partial charge >= 0.3 is 5.97 Å². The summed E-state index contributed by atoms with van der Waals surface area (Å²) in [5.41, 5.74) is -0.358. The molecule has 1 unspecified atom stereocenters. The number of esters is 1. The van der Waals surface area contributed by atoms with Crippen molar-refractivity contribution in [1.29, 1.82) is 0 Å². The van der Waals surface area contributed by atoms with E-state index in [0.29, 0.717) is 0 Å². The van der Waals surface area contributed by atoms with E-state index in [1.807, 2.05) is 4.72 Å². The number of hydrogen-bond donors (Lipinski definition) is 3. The molecule has 0 saturated heterocycles. The number of hydrogen-bond acceptors (Lipinski definition) is 9. The van der Waals surface area contributed by atoms with E-state index in [1.54, 1.807) is 19.9 Å². The van der Waals surface area contributed by atoms with Crippen LogP contribution in [-0.4, -0.2) is 44.3 Å². The van der Waals surface area contributed by atoms with Crippen molar-refractivity contribution in [3.8, 4) is 0 Å². The SMILES string of the molecule is COC(=O)C(Nc1ccc(C(=O)Nc2cccc(C(=O)NS(=O)(=O)c3ccccc3)c2)cc1[N+](=O)[O-])C(C)C. The van der Waals surface area contributed by atoms with Crippen LogP contribution < -0.4 is 15.4 Å². The molecule has 0 aromatic heterocycles. The number of nitrogens with zero attached hydrogens (tertiary/aromatic N) is 1. The molecule has 0 bridgehead atoms. The highest BCUT2D eigenvalue weighted by Gasteiger charge is 2.27. The van der Waals surface area contributed by atoms with E-state index >= 15 is 0 Å². The van der Waals surface area contributed by atoms with E-state index in [1.165, 1.54) is 67.8 Å². The number of methoxy groups -OCH3 is 1. The van der Waals surface area contributed by atoms with Gasteiger partial charge in [0.05, 0.1) is 16.9 Å². The Morgan fingerprint density at radius 1 is 0.897 bits per heavy atom. The van der Waals surface area contributed by atoms with Gasteiger partial charge in [-0.2, -0.15) is 0 Å². The number of carbonyl (C=O) groups excluding carboxylic acids is 3. The lowest BCUT2D eigenvalue weighted by molar-refractivity contribution is -0.384. The van der Waals surface area contributed by atoms with Crippen molar-refractivity contribution in [1.82, 2.24) is 4.72 Å². The third-order valence-corrected chi connectivity index (χ3v) is 6.90. The summed E-state index contributed by atoms with van der Waals surface area (Å²) in [7, 11) is -2.90. The third-order valence-electron chi connectivity index (χ3n) is 5.55. The Bertz CT molecular complexity index is 1510. The van der Waals surface area contributed by atoms with E-state index < -0.39 is 44.5 Å².